The summed E-state index contributed by atoms with van der Waals surface area (Å²) in [5.41, 5.74) is 2.12. The third kappa shape index (κ3) is 5.40. The zero-order chi connectivity index (χ0) is 21.7. The van der Waals surface area contributed by atoms with E-state index in [1.54, 1.807) is 30.0 Å². The zero-order valence-corrected chi connectivity index (χ0v) is 18.6. The molecular weight excluding hydrogens is 400 g/mol. The number of carbonyl (C=O) groups excluding carboxylic acids is 1. The van der Waals surface area contributed by atoms with Gasteiger partial charge < -0.3 is 9.64 Å². The number of carbonyl (C=O) groups is 1. The summed E-state index contributed by atoms with van der Waals surface area (Å²) in [4.78, 5) is 14.7. The second-order valence-corrected chi connectivity index (χ2v) is 9.64. The molecule has 1 fully saturated rings. The van der Waals surface area contributed by atoms with Gasteiger partial charge in [0.05, 0.1) is 13.2 Å². The molecule has 1 atom stereocenters. The summed E-state index contributed by atoms with van der Waals surface area (Å²) in [6.07, 6.45) is 2.86. The van der Waals surface area contributed by atoms with Crippen LogP contribution in [0.1, 0.15) is 30.9 Å². The van der Waals surface area contributed by atoms with Crippen LogP contribution >= 0.6 is 0 Å². The molecule has 1 N–H and O–H groups in total. The molecule has 0 unspecified atom stereocenters. The van der Waals surface area contributed by atoms with E-state index in [4.69, 9.17) is 4.74 Å². The molecule has 0 bridgehead atoms. The van der Waals surface area contributed by atoms with E-state index in [2.05, 4.69) is 16.9 Å². The van der Waals surface area contributed by atoms with Gasteiger partial charge in [-0.05, 0) is 62.3 Å². The van der Waals surface area contributed by atoms with Gasteiger partial charge in [-0.15, -0.1) is 0 Å². The molecule has 0 radical (unpaired) electrons. The Bertz CT molecular complexity index is 968. The number of nitrogens with zero attached hydrogens (tertiary/aromatic N) is 1. The lowest BCUT2D eigenvalue weighted by Crippen LogP contribution is -2.49. The van der Waals surface area contributed by atoms with Crippen LogP contribution in [0.2, 0.25) is 0 Å². The molecule has 1 amide bonds. The molecule has 0 aromatic heterocycles. The summed E-state index contributed by atoms with van der Waals surface area (Å²) < 4.78 is 33.4. The highest BCUT2D eigenvalue weighted by molar-refractivity contribution is 7.89. The highest BCUT2D eigenvalue weighted by atomic mass is 32.2. The van der Waals surface area contributed by atoms with Crippen molar-refractivity contribution in [2.24, 2.45) is 5.92 Å². The van der Waals surface area contributed by atoms with Crippen molar-refractivity contribution in [2.75, 3.05) is 20.2 Å². The molecule has 1 aliphatic heterocycles. The third-order valence-electron chi connectivity index (χ3n) is 5.60. The van der Waals surface area contributed by atoms with E-state index in [0.29, 0.717) is 19.0 Å². The maximum atomic E-state index is 12.9. The Morgan fingerprint density at radius 3 is 2.47 bits per heavy atom. The van der Waals surface area contributed by atoms with Crippen molar-refractivity contribution >= 4 is 15.9 Å². The maximum absolute atomic E-state index is 12.9. The first-order valence-electron chi connectivity index (χ1n) is 10.3. The summed E-state index contributed by atoms with van der Waals surface area (Å²) in [6.45, 7) is 4.71. The number of methoxy groups -OCH3 is 1. The number of piperidine rings is 1. The van der Waals surface area contributed by atoms with Crippen LogP contribution in [-0.2, 0) is 21.2 Å². The molecule has 2 aromatic rings. The van der Waals surface area contributed by atoms with Crippen LogP contribution < -0.4 is 9.46 Å². The lowest BCUT2D eigenvalue weighted by Gasteiger charge is -2.33. The van der Waals surface area contributed by atoms with Crippen LogP contribution in [-0.4, -0.2) is 45.5 Å². The first kappa shape index (κ1) is 22.3. The SMILES string of the molecule is COc1ccc(C)cc1S(=O)(=O)N[C@H](C)C(=O)N1CCC(Cc2ccccc2)CC1. The molecule has 30 heavy (non-hydrogen) atoms. The molecule has 2 aromatic carbocycles. The number of rotatable bonds is 7. The topological polar surface area (TPSA) is 75.7 Å². The molecule has 6 nitrogen and oxygen atoms in total. The number of nitrogens with one attached hydrogen (secondary N) is 1. The van der Waals surface area contributed by atoms with Crippen molar-refractivity contribution < 1.29 is 17.9 Å². The van der Waals surface area contributed by atoms with Crippen LogP contribution in [0.3, 0.4) is 0 Å². The fourth-order valence-electron chi connectivity index (χ4n) is 3.92. The van der Waals surface area contributed by atoms with Gasteiger partial charge in [0, 0.05) is 13.1 Å². The van der Waals surface area contributed by atoms with Crippen LogP contribution in [0.25, 0.3) is 0 Å². The number of ether oxygens (including phenoxy) is 1. The quantitative estimate of drug-likeness (QED) is 0.732. The lowest BCUT2D eigenvalue weighted by atomic mass is 9.90. The Balaban J connectivity index is 1.59. The van der Waals surface area contributed by atoms with Crippen LogP contribution in [0.4, 0.5) is 0 Å². The van der Waals surface area contributed by atoms with Crippen molar-refractivity contribution in [3.8, 4) is 5.75 Å². The predicted octanol–water partition coefficient (Wildman–Crippen LogP) is 3.15. The first-order valence-corrected chi connectivity index (χ1v) is 11.8. The monoisotopic (exact) mass is 430 g/mol. The van der Waals surface area contributed by atoms with Crippen molar-refractivity contribution in [1.29, 1.82) is 0 Å². The third-order valence-corrected chi connectivity index (χ3v) is 7.17. The van der Waals surface area contributed by atoms with Gasteiger partial charge in [-0.1, -0.05) is 36.4 Å². The van der Waals surface area contributed by atoms with Crippen molar-refractivity contribution in [3.63, 3.8) is 0 Å². The molecule has 162 valence electrons. The molecular formula is C23H30N2O4S. The summed E-state index contributed by atoms with van der Waals surface area (Å²) in [5, 5.41) is 0. The molecule has 1 saturated heterocycles. The normalized spacial score (nSPS) is 16.3. The average Bonchev–Trinajstić information content (AvgIpc) is 2.74. The van der Waals surface area contributed by atoms with Crippen molar-refractivity contribution in [3.05, 3.63) is 59.7 Å². The number of likely N-dealkylation sites (tertiary alicyclic amines) is 1. The van der Waals surface area contributed by atoms with Gasteiger partial charge in [-0.2, -0.15) is 4.72 Å². The Labute approximate surface area is 179 Å². The number of amides is 1. The van der Waals surface area contributed by atoms with E-state index in [9.17, 15) is 13.2 Å². The fourth-order valence-corrected chi connectivity index (χ4v) is 5.37. The van der Waals surface area contributed by atoms with Gasteiger partial charge in [-0.25, -0.2) is 8.42 Å². The minimum Gasteiger partial charge on any atom is -0.495 e. The minimum atomic E-state index is -3.88. The lowest BCUT2D eigenvalue weighted by molar-refractivity contribution is -0.133. The van der Waals surface area contributed by atoms with E-state index in [-0.39, 0.29) is 16.6 Å². The second kappa shape index (κ2) is 9.62. The fraction of sp³-hybridized carbons (Fsp3) is 0.435. The van der Waals surface area contributed by atoms with E-state index >= 15 is 0 Å². The summed E-state index contributed by atoms with van der Waals surface area (Å²) in [7, 11) is -2.45. The first-order chi connectivity index (χ1) is 14.3. The van der Waals surface area contributed by atoms with E-state index in [1.807, 2.05) is 25.1 Å². The van der Waals surface area contributed by atoms with Gasteiger partial charge in [0.25, 0.3) is 0 Å². The van der Waals surface area contributed by atoms with E-state index in [0.717, 1.165) is 24.8 Å². The van der Waals surface area contributed by atoms with Gasteiger partial charge in [0.1, 0.15) is 10.6 Å². The van der Waals surface area contributed by atoms with E-state index < -0.39 is 16.1 Å². The van der Waals surface area contributed by atoms with E-state index in [1.165, 1.54) is 12.7 Å². The zero-order valence-electron chi connectivity index (χ0n) is 17.8. The summed E-state index contributed by atoms with van der Waals surface area (Å²) in [6, 6.07) is 14.5. The largest absolute Gasteiger partial charge is 0.495 e. The van der Waals surface area contributed by atoms with Crippen molar-refractivity contribution in [1.82, 2.24) is 9.62 Å². The molecule has 0 spiro atoms. The number of sulfonamides is 1. The average molecular weight is 431 g/mol. The van der Waals surface area contributed by atoms with Crippen LogP contribution in [0.15, 0.2) is 53.4 Å². The van der Waals surface area contributed by atoms with Crippen LogP contribution in [0.5, 0.6) is 5.75 Å². The molecule has 0 saturated carbocycles. The highest BCUT2D eigenvalue weighted by Gasteiger charge is 2.30. The highest BCUT2D eigenvalue weighted by Crippen LogP contribution is 2.25. The Morgan fingerprint density at radius 2 is 1.83 bits per heavy atom. The standard InChI is InChI=1S/C23H30N2O4S/c1-17-9-10-21(29-3)22(15-17)30(27,28)24-18(2)23(26)25-13-11-20(12-14-25)16-19-7-5-4-6-8-19/h4-10,15,18,20,24H,11-14,16H2,1-3H3/t18-/m1/s1. The molecule has 1 heterocycles. The number of hydrogen-bond donors (Lipinski definition) is 1. The smallest absolute Gasteiger partial charge is 0.244 e. The molecule has 0 aliphatic carbocycles. The van der Waals surface area contributed by atoms with Gasteiger partial charge in [0.15, 0.2) is 0 Å². The van der Waals surface area contributed by atoms with Crippen molar-refractivity contribution in [2.45, 2.75) is 44.0 Å². The molecule has 3 rings (SSSR count). The van der Waals surface area contributed by atoms with Gasteiger partial charge in [-0.3, -0.25) is 4.79 Å². The number of aryl methyl sites for hydroxylation is 1. The Hall–Kier alpha value is -2.38. The Morgan fingerprint density at radius 1 is 1.17 bits per heavy atom. The second-order valence-electron chi connectivity index (χ2n) is 7.96. The summed E-state index contributed by atoms with van der Waals surface area (Å²) in [5.74, 6) is 0.609. The summed E-state index contributed by atoms with van der Waals surface area (Å²) >= 11 is 0. The number of hydrogen-bond acceptors (Lipinski definition) is 4. The number of benzene rings is 2. The molecule has 1 aliphatic rings. The maximum Gasteiger partial charge on any atom is 0.244 e. The Kier molecular flexibility index (Phi) is 7.15. The van der Waals surface area contributed by atoms with Gasteiger partial charge >= 0.3 is 0 Å². The predicted molar refractivity (Wildman–Crippen MR) is 117 cm³/mol. The molecule has 7 heteroatoms. The van der Waals surface area contributed by atoms with Crippen LogP contribution in [0, 0.1) is 12.8 Å². The minimum absolute atomic E-state index is 0.0474. The van der Waals surface area contributed by atoms with Gasteiger partial charge in [0.2, 0.25) is 15.9 Å².